The minimum absolute atomic E-state index is 1.14. The van der Waals surface area contributed by atoms with E-state index in [1.807, 2.05) is 11.8 Å². The second-order valence-corrected chi connectivity index (χ2v) is 15.7. The van der Waals surface area contributed by atoms with Crippen LogP contribution in [0.15, 0.2) is 210 Å². The molecule has 11 aromatic rings. The number of hydrogen-bond acceptors (Lipinski definition) is 2. The van der Waals surface area contributed by atoms with Crippen molar-refractivity contribution in [2.24, 2.45) is 0 Å². The number of para-hydroxylation sites is 4. The van der Waals surface area contributed by atoms with Gasteiger partial charge in [0.15, 0.2) is 0 Å². The maximum atomic E-state index is 2.42. The summed E-state index contributed by atoms with van der Waals surface area (Å²) in [5, 5.41) is 7.52. The van der Waals surface area contributed by atoms with E-state index in [1.165, 1.54) is 92.4 Å². The van der Waals surface area contributed by atoms with E-state index < -0.39 is 0 Å². The zero-order valence-corrected chi connectivity index (χ0v) is 31.1. The first kappa shape index (κ1) is 31.4. The van der Waals surface area contributed by atoms with Gasteiger partial charge in [-0.05, 0) is 107 Å². The first-order valence-electron chi connectivity index (χ1n) is 19.1. The van der Waals surface area contributed by atoms with Crippen molar-refractivity contribution in [1.29, 1.82) is 0 Å². The number of aromatic nitrogens is 2. The molecule has 0 aliphatic carbocycles. The molecule has 0 saturated heterocycles. The SMILES string of the molecule is c1cc(-n2c3ccccc3c3ccccc32)cc(-n2c3ccccc3c3cc(-c4ccc5c(c4)Sc4ccccc4N5c4ccc5ccccc5c4)ccc32)c1. The summed E-state index contributed by atoms with van der Waals surface area (Å²) in [5.41, 5.74) is 13.1. The molecule has 0 fully saturated rings. The van der Waals surface area contributed by atoms with Crippen molar-refractivity contribution < 1.29 is 0 Å². The molecular weight excluding hydrogens is 699 g/mol. The quantitative estimate of drug-likeness (QED) is 0.179. The molecule has 3 heterocycles. The lowest BCUT2D eigenvalue weighted by Crippen LogP contribution is -2.14. The standard InChI is InChI=1S/C52H33N3S/c1-2-13-35-30-40(27-24-34(35)12-1)55-49-22-9-10-23-51(49)56-52-32-37(26-29-50(52)55)36-25-28-48-44(31-36)43-18-5-8-21-47(43)54(48)39-15-11-14-38(33-39)53-45-19-6-3-16-41(45)42-17-4-7-20-46(42)53/h1-33H. The first-order valence-corrected chi connectivity index (χ1v) is 19.9. The lowest BCUT2D eigenvalue weighted by Gasteiger charge is -2.33. The Morgan fingerprint density at radius 1 is 0.304 bits per heavy atom. The monoisotopic (exact) mass is 731 g/mol. The fourth-order valence-corrected chi connectivity index (χ4v) is 10.0. The van der Waals surface area contributed by atoms with Crippen LogP contribution >= 0.6 is 11.8 Å². The number of nitrogens with zero attached hydrogens (tertiary/aromatic N) is 3. The van der Waals surface area contributed by atoms with E-state index in [9.17, 15) is 0 Å². The Morgan fingerprint density at radius 2 is 0.857 bits per heavy atom. The van der Waals surface area contributed by atoms with Crippen LogP contribution in [0.5, 0.6) is 0 Å². The van der Waals surface area contributed by atoms with Gasteiger partial charge < -0.3 is 14.0 Å². The van der Waals surface area contributed by atoms with Gasteiger partial charge >= 0.3 is 0 Å². The highest BCUT2D eigenvalue weighted by atomic mass is 32.2. The number of benzene rings is 9. The van der Waals surface area contributed by atoms with Crippen LogP contribution in [-0.4, -0.2) is 9.13 Å². The highest BCUT2D eigenvalue weighted by molar-refractivity contribution is 7.99. The smallest absolute Gasteiger partial charge is 0.0602 e. The fourth-order valence-electron chi connectivity index (χ4n) is 8.93. The molecule has 0 N–H and O–H groups in total. The van der Waals surface area contributed by atoms with Gasteiger partial charge in [-0.25, -0.2) is 0 Å². The summed E-state index contributed by atoms with van der Waals surface area (Å²) in [4.78, 5) is 4.92. The topological polar surface area (TPSA) is 13.1 Å². The van der Waals surface area contributed by atoms with Gasteiger partial charge in [-0.2, -0.15) is 0 Å². The molecule has 0 saturated carbocycles. The van der Waals surface area contributed by atoms with Crippen LogP contribution in [0.25, 0.3) is 76.9 Å². The predicted molar refractivity (Wildman–Crippen MR) is 237 cm³/mol. The Bertz CT molecular complexity index is 3320. The molecule has 0 spiro atoms. The molecule has 12 rings (SSSR count). The third kappa shape index (κ3) is 4.73. The third-order valence-electron chi connectivity index (χ3n) is 11.5. The Kier molecular flexibility index (Phi) is 6.86. The molecule has 3 nitrogen and oxygen atoms in total. The largest absolute Gasteiger partial charge is 0.309 e. The van der Waals surface area contributed by atoms with Crippen molar-refractivity contribution in [1.82, 2.24) is 9.13 Å². The summed E-state index contributed by atoms with van der Waals surface area (Å²) in [7, 11) is 0. The average Bonchev–Trinajstić information content (AvgIpc) is 3.78. The van der Waals surface area contributed by atoms with Crippen LogP contribution in [0.4, 0.5) is 17.1 Å². The number of hydrogen-bond donors (Lipinski definition) is 0. The summed E-state index contributed by atoms with van der Waals surface area (Å²) < 4.78 is 4.82. The molecule has 0 radical (unpaired) electrons. The number of fused-ring (bicyclic) bond motifs is 9. The van der Waals surface area contributed by atoms with E-state index in [0.29, 0.717) is 0 Å². The normalized spacial score (nSPS) is 12.5. The van der Waals surface area contributed by atoms with Gasteiger partial charge in [0, 0.05) is 48.4 Å². The lowest BCUT2D eigenvalue weighted by atomic mass is 10.0. The molecule has 56 heavy (non-hydrogen) atoms. The first-order chi connectivity index (χ1) is 27.8. The highest BCUT2D eigenvalue weighted by Gasteiger charge is 2.25. The van der Waals surface area contributed by atoms with Crippen LogP contribution in [0.1, 0.15) is 0 Å². The Balaban J connectivity index is 0.984. The predicted octanol–water partition coefficient (Wildman–Crippen LogP) is 14.6. The maximum Gasteiger partial charge on any atom is 0.0602 e. The van der Waals surface area contributed by atoms with Gasteiger partial charge in [-0.1, -0.05) is 127 Å². The fraction of sp³-hybridized carbons (Fsp3) is 0. The zero-order chi connectivity index (χ0) is 36.7. The van der Waals surface area contributed by atoms with Crippen molar-refractivity contribution in [3.8, 4) is 22.5 Å². The van der Waals surface area contributed by atoms with E-state index in [0.717, 1.165) is 11.4 Å². The molecule has 0 unspecified atom stereocenters. The summed E-state index contributed by atoms with van der Waals surface area (Å²) >= 11 is 1.85. The Hall–Kier alpha value is -7.01. The molecule has 262 valence electrons. The van der Waals surface area contributed by atoms with Gasteiger partial charge in [-0.3, -0.25) is 0 Å². The van der Waals surface area contributed by atoms with E-state index in [-0.39, 0.29) is 0 Å². The average molecular weight is 732 g/mol. The molecule has 0 bridgehead atoms. The molecule has 1 aliphatic rings. The zero-order valence-electron chi connectivity index (χ0n) is 30.3. The van der Waals surface area contributed by atoms with Crippen molar-refractivity contribution in [2.75, 3.05) is 4.90 Å². The third-order valence-corrected chi connectivity index (χ3v) is 12.6. The van der Waals surface area contributed by atoms with Crippen molar-refractivity contribution >= 4 is 83.2 Å². The number of anilines is 3. The summed E-state index contributed by atoms with van der Waals surface area (Å²) in [6.45, 7) is 0. The highest BCUT2D eigenvalue weighted by Crippen LogP contribution is 2.52. The van der Waals surface area contributed by atoms with Crippen LogP contribution in [0, 0.1) is 0 Å². The van der Waals surface area contributed by atoms with Crippen molar-refractivity contribution in [3.63, 3.8) is 0 Å². The second kappa shape index (κ2) is 12.3. The molecule has 2 aromatic heterocycles. The number of rotatable bonds is 4. The Morgan fingerprint density at radius 3 is 1.59 bits per heavy atom. The molecule has 0 amide bonds. The lowest BCUT2D eigenvalue weighted by molar-refractivity contribution is 1.13. The van der Waals surface area contributed by atoms with Gasteiger partial charge in [0.2, 0.25) is 0 Å². The molecule has 1 aliphatic heterocycles. The maximum absolute atomic E-state index is 2.42. The molecule has 0 atom stereocenters. The van der Waals surface area contributed by atoms with Crippen LogP contribution in [-0.2, 0) is 0 Å². The van der Waals surface area contributed by atoms with Crippen LogP contribution < -0.4 is 4.90 Å². The van der Waals surface area contributed by atoms with Crippen LogP contribution in [0.3, 0.4) is 0 Å². The van der Waals surface area contributed by atoms with Gasteiger partial charge in [0.25, 0.3) is 0 Å². The molecule has 4 heteroatoms. The van der Waals surface area contributed by atoms with Gasteiger partial charge in [0.05, 0.1) is 33.4 Å². The summed E-state index contributed by atoms with van der Waals surface area (Å²) in [6.07, 6.45) is 0. The van der Waals surface area contributed by atoms with Gasteiger partial charge in [-0.15, -0.1) is 0 Å². The molecular formula is C52H33N3S. The Labute approximate surface area is 328 Å². The summed E-state index contributed by atoms with van der Waals surface area (Å²) in [5.74, 6) is 0. The van der Waals surface area contributed by atoms with Gasteiger partial charge in [0.1, 0.15) is 0 Å². The van der Waals surface area contributed by atoms with Crippen LogP contribution in [0.2, 0.25) is 0 Å². The van der Waals surface area contributed by atoms with E-state index >= 15 is 0 Å². The second-order valence-electron chi connectivity index (χ2n) is 14.6. The summed E-state index contributed by atoms with van der Waals surface area (Å²) in [6, 6.07) is 73.3. The van der Waals surface area contributed by atoms with E-state index in [1.54, 1.807) is 0 Å². The minimum Gasteiger partial charge on any atom is -0.309 e. The van der Waals surface area contributed by atoms with E-state index in [2.05, 4.69) is 214 Å². The van der Waals surface area contributed by atoms with E-state index in [4.69, 9.17) is 0 Å². The van der Waals surface area contributed by atoms with Crippen molar-refractivity contribution in [2.45, 2.75) is 9.79 Å². The van der Waals surface area contributed by atoms with Crippen molar-refractivity contribution in [3.05, 3.63) is 200 Å². The minimum atomic E-state index is 1.14. The molecule has 9 aromatic carbocycles.